The zero-order valence-electron chi connectivity index (χ0n) is 16.6. The molecule has 0 bridgehead atoms. The Morgan fingerprint density at radius 3 is 2.59 bits per heavy atom. The number of hydrogen-bond donors (Lipinski definition) is 2. The molecule has 4 rings (SSSR count). The molecule has 0 aliphatic rings. The van der Waals surface area contributed by atoms with Gasteiger partial charge in [0.2, 0.25) is 0 Å². The van der Waals surface area contributed by atoms with Crippen LogP contribution in [0, 0.1) is 20.8 Å². The molecule has 148 valence electrons. The van der Waals surface area contributed by atoms with Crippen molar-refractivity contribution < 1.29 is 4.79 Å². The first-order chi connectivity index (χ1) is 14.0. The van der Waals surface area contributed by atoms with Crippen molar-refractivity contribution in [2.45, 2.75) is 20.8 Å². The van der Waals surface area contributed by atoms with E-state index in [4.69, 9.17) is 0 Å². The van der Waals surface area contributed by atoms with Gasteiger partial charge in [0.15, 0.2) is 5.82 Å². The molecule has 0 saturated carbocycles. The van der Waals surface area contributed by atoms with Crippen molar-refractivity contribution in [2.75, 3.05) is 18.4 Å². The molecule has 8 heteroatoms. The van der Waals surface area contributed by atoms with Crippen LogP contribution in [0.5, 0.6) is 0 Å². The summed E-state index contributed by atoms with van der Waals surface area (Å²) in [7, 11) is 0. The Kier molecular flexibility index (Phi) is 5.26. The highest BCUT2D eigenvalue weighted by Crippen LogP contribution is 2.25. The van der Waals surface area contributed by atoms with Gasteiger partial charge in [0.1, 0.15) is 5.82 Å². The largest absolute Gasteiger partial charge is 0.367 e. The van der Waals surface area contributed by atoms with Crippen molar-refractivity contribution in [1.29, 1.82) is 0 Å². The second-order valence-corrected chi connectivity index (χ2v) is 7.90. The van der Waals surface area contributed by atoms with Crippen molar-refractivity contribution in [1.82, 2.24) is 25.3 Å². The van der Waals surface area contributed by atoms with Crippen LogP contribution in [0.1, 0.15) is 26.6 Å². The summed E-state index contributed by atoms with van der Waals surface area (Å²) < 4.78 is 2.91. The van der Waals surface area contributed by atoms with Gasteiger partial charge in [-0.15, -0.1) is 21.5 Å². The minimum absolute atomic E-state index is 0.0608. The molecule has 0 spiro atoms. The molecule has 0 radical (unpaired) electrons. The predicted octanol–water partition coefficient (Wildman–Crippen LogP) is 3.64. The fourth-order valence-corrected chi connectivity index (χ4v) is 4.00. The van der Waals surface area contributed by atoms with Crippen LogP contribution < -0.4 is 10.6 Å². The van der Waals surface area contributed by atoms with Crippen LogP contribution in [0.3, 0.4) is 0 Å². The van der Waals surface area contributed by atoms with E-state index in [0.29, 0.717) is 24.7 Å². The molecule has 0 atom stereocenters. The lowest BCUT2D eigenvalue weighted by molar-refractivity contribution is 0.0959. The van der Waals surface area contributed by atoms with E-state index in [9.17, 15) is 4.79 Å². The Bertz CT molecular complexity index is 1130. The van der Waals surface area contributed by atoms with Crippen molar-refractivity contribution >= 4 is 33.1 Å². The summed E-state index contributed by atoms with van der Waals surface area (Å²) in [5, 5.41) is 20.2. The van der Waals surface area contributed by atoms with Crippen LogP contribution in [-0.4, -0.2) is 39.0 Å². The average molecular weight is 407 g/mol. The molecule has 7 nitrogen and oxygen atoms in total. The minimum atomic E-state index is -0.0608. The Balaban J connectivity index is 1.30. The standard InChI is InChI=1S/C21H22N6OS/c1-13-14(2)26-27(15(13)3)20-9-8-19(24-25-20)22-10-11-23-21(28)18-12-16-6-4-5-7-17(16)29-18/h4-9,12H,10-11H2,1-3H3,(H,22,24)(H,23,28). The van der Waals surface area contributed by atoms with Crippen molar-refractivity contribution in [3.63, 3.8) is 0 Å². The van der Waals surface area contributed by atoms with Gasteiger partial charge >= 0.3 is 0 Å². The van der Waals surface area contributed by atoms with Crippen molar-refractivity contribution in [2.24, 2.45) is 0 Å². The topological polar surface area (TPSA) is 84.7 Å². The number of thiophene rings is 1. The van der Waals surface area contributed by atoms with Gasteiger partial charge in [0, 0.05) is 23.5 Å². The maximum Gasteiger partial charge on any atom is 0.261 e. The number of aryl methyl sites for hydroxylation is 1. The minimum Gasteiger partial charge on any atom is -0.367 e. The smallest absolute Gasteiger partial charge is 0.261 e. The third-order valence-corrected chi connectivity index (χ3v) is 6.00. The molecule has 3 aromatic heterocycles. The molecule has 0 fully saturated rings. The molecular weight excluding hydrogens is 384 g/mol. The summed E-state index contributed by atoms with van der Waals surface area (Å²) in [6.45, 7) is 7.10. The number of amides is 1. The summed E-state index contributed by atoms with van der Waals surface area (Å²) in [5.74, 6) is 1.28. The first-order valence-electron chi connectivity index (χ1n) is 9.40. The molecular formula is C21H22N6OS. The zero-order chi connectivity index (χ0) is 20.4. The molecule has 29 heavy (non-hydrogen) atoms. The molecule has 0 saturated heterocycles. The highest BCUT2D eigenvalue weighted by molar-refractivity contribution is 7.20. The lowest BCUT2D eigenvalue weighted by Crippen LogP contribution is -2.28. The van der Waals surface area contributed by atoms with Crippen molar-refractivity contribution in [3.8, 4) is 5.82 Å². The van der Waals surface area contributed by atoms with Crippen LogP contribution in [0.2, 0.25) is 0 Å². The number of anilines is 1. The van der Waals surface area contributed by atoms with E-state index in [1.807, 2.05) is 63.2 Å². The maximum atomic E-state index is 12.3. The third kappa shape index (κ3) is 3.97. The predicted molar refractivity (Wildman–Crippen MR) is 116 cm³/mol. The second kappa shape index (κ2) is 8.00. The molecule has 1 aromatic carbocycles. The Morgan fingerprint density at radius 2 is 1.90 bits per heavy atom. The summed E-state index contributed by atoms with van der Waals surface area (Å²) in [5.41, 5.74) is 3.20. The van der Waals surface area contributed by atoms with Gasteiger partial charge in [-0.2, -0.15) is 5.10 Å². The lowest BCUT2D eigenvalue weighted by atomic mass is 10.2. The molecule has 0 aliphatic heterocycles. The van der Waals surface area contributed by atoms with E-state index in [0.717, 1.165) is 31.9 Å². The summed E-state index contributed by atoms with van der Waals surface area (Å²) in [4.78, 5) is 13.0. The molecule has 4 aromatic rings. The van der Waals surface area contributed by atoms with Crippen molar-refractivity contribution in [3.05, 3.63) is 64.3 Å². The van der Waals surface area contributed by atoms with E-state index < -0.39 is 0 Å². The summed E-state index contributed by atoms with van der Waals surface area (Å²) in [6.07, 6.45) is 0. The first kappa shape index (κ1) is 19.1. The first-order valence-corrected chi connectivity index (χ1v) is 10.2. The SMILES string of the molecule is Cc1nn(-c2ccc(NCCNC(=O)c3cc4ccccc4s3)nn2)c(C)c1C. The molecule has 1 amide bonds. The van der Waals surface area contributed by atoms with E-state index in [2.05, 4.69) is 25.9 Å². The number of carbonyl (C=O) groups excluding carboxylic acids is 1. The van der Waals surface area contributed by atoms with Gasteiger partial charge in [-0.1, -0.05) is 18.2 Å². The molecule has 0 aliphatic carbocycles. The van der Waals surface area contributed by atoms with E-state index in [-0.39, 0.29) is 5.91 Å². The quantitative estimate of drug-likeness (QED) is 0.478. The van der Waals surface area contributed by atoms with E-state index in [1.165, 1.54) is 11.3 Å². The number of fused-ring (bicyclic) bond motifs is 1. The second-order valence-electron chi connectivity index (χ2n) is 6.82. The van der Waals surface area contributed by atoms with Gasteiger partial charge in [0.05, 0.1) is 10.6 Å². The van der Waals surface area contributed by atoms with Gasteiger partial charge in [-0.25, -0.2) is 4.68 Å². The highest BCUT2D eigenvalue weighted by Gasteiger charge is 2.11. The van der Waals surface area contributed by atoms with Gasteiger partial charge in [0.25, 0.3) is 5.91 Å². The number of benzene rings is 1. The number of hydrogen-bond acceptors (Lipinski definition) is 6. The average Bonchev–Trinajstić information content (AvgIpc) is 3.28. The molecule has 0 unspecified atom stereocenters. The summed E-state index contributed by atoms with van der Waals surface area (Å²) >= 11 is 1.50. The Labute approximate surface area is 172 Å². The lowest BCUT2D eigenvalue weighted by Gasteiger charge is -2.07. The maximum absolute atomic E-state index is 12.3. The Morgan fingerprint density at radius 1 is 1.07 bits per heavy atom. The third-order valence-electron chi connectivity index (χ3n) is 4.89. The molecule has 3 heterocycles. The number of nitrogens with one attached hydrogen (secondary N) is 2. The van der Waals surface area contributed by atoms with Crippen LogP contribution in [0.25, 0.3) is 15.9 Å². The normalized spacial score (nSPS) is 11.0. The van der Waals surface area contributed by atoms with Crippen LogP contribution in [0.4, 0.5) is 5.82 Å². The summed E-state index contributed by atoms with van der Waals surface area (Å²) in [6, 6.07) is 13.7. The van der Waals surface area contributed by atoms with Crippen LogP contribution in [-0.2, 0) is 0 Å². The number of carbonyl (C=O) groups is 1. The van der Waals surface area contributed by atoms with E-state index in [1.54, 1.807) is 4.68 Å². The van der Waals surface area contributed by atoms with Gasteiger partial charge in [-0.05, 0) is 56.0 Å². The fraction of sp³-hybridized carbons (Fsp3) is 0.238. The van der Waals surface area contributed by atoms with Gasteiger partial charge in [-0.3, -0.25) is 4.79 Å². The number of nitrogens with zero attached hydrogens (tertiary/aromatic N) is 4. The fourth-order valence-electron chi connectivity index (χ4n) is 3.02. The number of rotatable bonds is 6. The van der Waals surface area contributed by atoms with Crippen LogP contribution >= 0.6 is 11.3 Å². The highest BCUT2D eigenvalue weighted by atomic mass is 32.1. The molecule has 2 N–H and O–H groups in total. The number of aromatic nitrogens is 4. The Hall–Kier alpha value is -3.26. The van der Waals surface area contributed by atoms with E-state index >= 15 is 0 Å². The van der Waals surface area contributed by atoms with Crippen LogP contribution in [0.15, 0.2) is 42.5 Å². The van der Waals surface area contributed by atoms with Gasteiger partial charge < -0.3 is 10.6 Å². The zero-order valence-corrected chi connectivity index (χ0v) is 17.4. The monoisotopic (exact) mass is 406 g/mol.